The number of rotatable bonds is 57. The van der Waals surface area contributed by atoms with Crippen LogP contribution in [-0.2, 0) is 42.2 Å². The number of hydrogen-bond acceptors (Lipinski definition) is 10. The van der Waals surface area contributed by atoms with Gasteiger partial charge in [-0.05, 0) is 96.3 Å². The molecule has 12 heteroatoms. The van der Waals surface area contributed by atoms with Crippen LogP contribution in [-0.4, -0.2) is 66.5 Å². The number of hydrogen-bond donors (Lipinski definition) is 2. The van der Waals surface area contributed by atoms with Crippen molar-refractivity contribution in [2.75, 3.05) is 26.4 Å². The summed E-state index contributed by atoms with van der Waals surface area (Å²) in [5.74, 6) is -1.68. The molecule has 0 rings (SSSR count). The number of allylic oxidation sites excluding steroid dienone is 24. The van der Waals surface area contributed by atoms with E-state index >= 15 is 0 Å². The number of phosphoric ester groups is 1. The maximum atomic E-state index is 12.9. The third-order valence-corrected chi connectivity index (χ3v) is 13.7. The van der Waals surface area contributed by atoms with Gasteiger partial charge in [0.05, 0.1) is 19.8 Å². The van der Waals surface area contributed by atoms with E-state index in [1.807, 2.05) is 24.3 Å². The number of carbonyl (C=O) groups excluding carboxylic acids is 3. The Morgan fingerprint density at radius 2 is 0.634 bits per heavy atom. The van der Waals surface area contributed by atoms with Crippen LogP contribution < -0.4 is 0 Å². The largest absolute Gasteiger partial charge is 0.472 e. The van der Waals surface area contributed by atoms with Gasteiger partial charge in [-0.3, -0.25) is 23.4 Å². The smallest absolute Gasteiger partial charge is 0.462 e. The Bertz CT molecular complexity index is 1930. The van der Waals surface area contributed by atoms with E-state index in [0.29, 0.717) is 25.7 Å². The fraction of sp³-hybridized carbons (Fsp3) is 0.614. The molecular weight excluding hydrogens is 1050 g/mol. The van der Waals surface area contributed by atoms with E-state index in [2.05, 4.69) is 142 Å². The van der Waals surface area contributed by atoms with Crippen molar-refractivity contribution in [3.8, 4) is 0 Å². The molecule has 0 amide bonds. The van der Waals surface area contributed by atoms with Crippen molar-refractivity contribution < 1.29 is 52.2 Å². The maximum Gasteiger partial charge on any atom is 0.472 e. The highest BCUT2D eigenvalue weighted by atomic mass is 31.2. The summed E-state index contributed by atoms with van der Waals surface area (Å²) in [4.78, 5) is 48.7. The van der Waals surface area contributed by atoms with Gasteiger partial charge in [0.15, 0.2) is 6.10 Å². The number of aliphatic hydroxyl groups excluding tert-OH is 1. The van der Waals surface area contributed by atoms with E-state index in [4.69, 9.17) is 23.3 Å². The van der Waals surface area contributed by atoms with Gasteiger partial charge < -0.3 is 24.2 Å². The van der Waals surface area contributed by atoms with Crippen molar-refractivity contribution in [2.24, 2.45) is 0 Å². The monoisotopic (exact) mass is 1160 g/mol. The lowest BCUT2D eigenvalue weighted by Gasteiger charge is -2.21. The molecule has 2 N–H and O–H groups in total. The fourth-order valence-corrected chi connectivity index (χ4v) is 8.84. The molecule has 0 aliphatic rings. The second-order valence-electron chi connectivity index (χ2n) is 20.5. The number of esters is 3. The van der Waals surface area contributed by atoms with Gasteiger partial charge in [0.1, 0.15) is 12.7 Å². The molecular formula is C70H113O11P. The van der Waals surface area contributed by atoms with Crippen LogP contribution in [0.1, 0.15) is 239 Å². The predicted molar refractivity (Wildman–Crippen MR) is 343 cm³/mol. The van der Waals surface area contributed by atoms with Crippen LogP contribution in [0.15, 0.2) is 146 Å². The van der Waals surface area contributed by atoms with Crippen LogP contribution in [0.3, 0.4) is 0 Å². The molecule has 82 heavy (non-hydrogen) atoms. The van der Waals surface area contributed by atoms with Gasteiger partial charge in [-0.25, -0.2) is 4.57 Å². The Balaban J connectivity index is 4.91. The summed E-state index contributed by atoms with van der Waals surface area (Å²) in [6.45, 7) is 4.26. The molecule has 0 saturated heterocycles. The third kappa shape index (κ3) is 60.0. The highest BCUT2D eigenvalue weighted by Gasteiger charge is 2.28. The zero-order chi connectivity index (χ0) is 59.8. The topological polar surface area (TPSA) is 155 Å². The van der Waals surface area contributed by atoms with Crippen molar-refractivity contribution in [1.29, 1.82) is 0 Å². The van der Waals surface area contributed by atoms with Crippen LogP contribution in [0.4, 0.5) is 0 Å². The number of phosphoric acid groups is 1. The van der Waals surface area contributed by atoms with Crippen molar-refractivity contribution in [2.45, 2.75) is 251 Å². The first-order chi connectivity index (χ1) is 40.2. The molecule has 464 valence electrons. The van der Waals surface area contributed by atoms with Gasteiger partial charge >= 0.3 is 25.7 Å². The van der Waals surface area contributed by atoms with Crippen molar-refractivity contribution in [3.05, 3.63) is 146 Å². The standard InChI is InChI=1S/C70H113O11P/c1-4-7-10-13-16-19-22-25-28-31-33-36-38-41-44-47-50-53-56-59-68(72)77-63-67(81-70(74)61-58-55-52-49-46-43-40-37-34-32-29-26-23-20-17-14-11-8-5-2)65-79-82(75,76)78-64-66(62-71)80-69(73)60-57-54-51-48-45-42-39-35-30-27-24-21-18-15-12-9-6-3/h7-8,10-11,16-17,19-20,25-26,28-29,33-34,36-37,41,43-44,46,50,52-53,55,66-67,71H,4-6,9,12-15,18,21-24,27,30-32,35,38-40,42,45,47-49,51,54,56-65H2,1-3H3,(H,75,76)/b10-7-,11-8-,19-16-,20-17-,28-25-,29-26-,36-33-,37-34-,44-41-,46-43-,53-50-,55-52-. The highest BCUT2D eigenvalue weighted by Crippen LogP contribution is 2.43. The Hall–Kier alpha value is -4.64. The number of aliphatic hydroxyl groups is 1. The molecule has 0 heterocycles. The summed E-state index contributed by atoms with van der Waals surface area (Å²) >= 11 is 0. The summed E-state index contributed by atoms with van der Waals surface area (Å²) in [5, 5.41) is 9.85. The minimum atomic E-state index is -4.80. The molecule has 0 saturated carbocycles. The van der Waals surface area contributed by atoms with E-state index in [9.17, 15) is 28.9 Å². The van der Waals surface area contributed by atoms with Gasteiger partial charge in [0.2, 0.25) is 0 Å². The Morgan fingerprint density at radius 3 is 0.976 bits per heavy atom. The summed E-state index contributed by atoms with van der Waals surface area (Å²) < 4.78 is 39.5. The van der Waals surface area contributed by atoms with E-state index in [1.165, 1.54) is 83.5 Å². The van der Waals surface area contributed by atoms with Gasteiger partial charge in [-0.1, -0.05) is 269 Å². The molecule has 0 aliphatic carbocycles. The summed E-state index contributed by atoms with van der Waals surface area (Å²) in [6, 6.07) is 0. The molecule has 0 radical (unpaired) electrons. The second-order valence-corrected chi connectivity index (χ2v) is 21.9. The first-order valence-electron chi connectivity index (χ1n) is 31.7. The van der Waals surface area contributed by atoms with Crippen molar-refractivity contribution in [1.82, 2.24) is 0 Å². The third-order valence-electron chi connectivity index (χ3n) is 12.8. The van der Waals surface area contributed by atoms with Crippen LogP contribution in [0.25, 0.3) is 0 Å². The van der Waals surface area contributed by atoms with E-state index in [-0.39, 0.29) is 19.3 Å². The van der Waals surface area contributed by atoms with Gasteiger partial charge in [0.25, 0.3) is 0 Å². The highest BCUT2D eigenvalue weighted by molar-refractivity contribution is 7.47. The Morgan fingerprint density at radius 1 is 0.354 bits per heavy atom. The van der Waals surface area contributed by atoms with Gasteiger partial charge in [0, 0.05) is 19.3 Å². The lowest BCUT2D eigenvalue weighted by Crippen LogP contribution is -2.30. The number of ether oxygens (including phenoxy) is 3. The lowest BCUT2D eigenvalue weighted by atomic mass is 10.0. The van der Waals surface area contributed by atoms with E-state index in [0.717, 1.165) is 89.9 Å². The molecule has 0 aromatic rings. The van der Waals surface area contributed by atoms with E-state index in [1.54, 1.807) is 0 Å². The molecule has 0 spiro atoms. The summed E-state index contributed by atoms with van der Waals surface area (Å²) in [7, 11) is -4.80. The van der Waals surface area contributed by atoms with Gasteiger partial charge in [-0.2, -0.15) is 0 Å². The molecule has 0 fully saturated rings. The Labute approximate surface area is 499 Å². The van der Waals surface area contributed by atoms with Crippen LogP contribution in [0, 0.1) is 0 Å². The van der Waals surface area contributed by atoms with Crippen molar-refractivity contribution in [3.63, 3.8) is 0 Å². The first-order valence-corrected chi connectivity index (χ1v) is 33.2. The van der Waals surface area contributed by atoms with Crippen LogP contribution in [0.2, 0.25) is 0 Å². The zero-order valence-electron chi connectivity index (χ0n) is 51.4. The molecule has 0 aromatic carbocycles. The lowest BCUT2D eigenvalue weighted by molar-refractivity contribution is -0.161. The first kappa shape index (κ1) is 77.4. The van der Waals surface area contributed by atoms with Crippen LogP contribution in [0.5, 0.6) is 0 Å². The molecule has 3 atom stereocenters. The number of unbranched alkanes of at least 4 members (excludes halogenated alkanes) is 16. The molecule has 0 aliphatic heterocycles. The number of carbonyl (C=O) groups is 3. The van der Waals surface area contributed by atoms with Crippen molar-refractivity contribution >= 4 is 25.7 Å². The fourth-order valence-electron chi connectivity index (χ4n) is 8.06. The maximum absolute atomic E-state index is 12.9. The normalized spacial score (nSPS) is 14.3. The predicted octanol–water partition coefficient (Wildman–Crippen LogP) is 19.5. The molecule has 0 bridgehead atoms. The van der Waals surface area contributed by atoms with E-state index < -0.39 is 64.4 Å². The zero-order valence-corrected chi connectivity index (χ0v) is 52.3. The molecule has 11 nitrogen and oxygen atoms in total. The van der Waals surface area contributed by atoms with Gasteiger partial charge in [-0.15, -0.1) is 0 Å². The van der Waals surface area contributed by atoms with Crippen LogP contribution >= 0.6 is 7.82 Å². The minimum absolute atomic E-state index is 0.0194. The summed E-state index contributed by atoms with van der Waals surface area (Å²) in [6.07, 6.45) is 81.2. The molecule has 0 aromatic heterocycles. The average Bonchev–Trinajstić information content (AvgIpc) is 3.47. The SMILES string of the molecule is CC/C=C\C/C=C\C/C=C\C/C=C\C/C=C\C/C=C\CCC(=O)OCC(COP(=O)(O)OCC(CO)OC(=O)CCCCCCCCCCCCCCCCCCC)OC(=O)CC/C=C\C/C=C\C/C=C\C/C=C\C/C=C\C/C=C\CC. The minimum Gasteiger partial charge on any atom is -0.462 e. The quantitative estimate of drug-likeness (QED) is 0.0197. The molecule has 3 unspecified atom stereocenters. The second kappa shape index (κ2) is 62.4. The Kier molecular flexibility index (Phi) is 58.9. The average molecular weight is 1160 g/mol. The summed E-state index contributed by atoms with van der Waals surface area (Å²) in [5.41, 5.74) is 0.